The minimum atomic E-state index is -0.722. The topological polar surface area (TPSA) is 61.2 Å². The van der Waals surface area contributed by atoms with Crippen molar-refractivity contribution in [2.24, 2.45) is 0 Å². The fraction of sp³-hybridized carbons (Fsp3) is 0.261. The Hall–Kier alpha value is -2.99. The summed E-state index contributed by atoms with van der Waals surface area (Å²) in [5.74, 6) is -0.413. The van der Waals surface area contributed by atoms with Crippen LogP contribution in [0, 0.1) is 0 Å². The Morgan fingerprint density at radius 2 is 2.00 bits per heavy atom. The van der Waals surface area contributed by atoms with E-state index in [0.717, 1.165) is 34.7 Å². The van der Waals surface area contributed by atoms with Gasteiger partial charge < -0.3 is 4.74 Å². The van der Waals surface area contributed by atoms with Crippen LogP contribution < -0.4 is 5.56 Å². The number of unbranched alkanes of at least 4 members (excludes halogenated alkanes) is 1. The van der Waals surface area contributed by atoms with Gasteiger partial charge in [-0.2, -0.15) is 0 Å². The Morgan fingerprint density at radius 1 is 1.21 bits per heavy atom. The van der Waals surface area contributed by atoms with E-state index in [4.69, 9.17) is 4.74 Å². The smallest absolute Gasteiger partial charge is 0.328 e. The lowest BCUT2D eigenvalue weighted by atomic mass is 10.0. The van der Waals surface area contributed by atoms with Crippen LogP contribution in [0.25, 0.3) is 32.1 Å². The number of hydrogen-bond acceptors (Lipinski definition) is 5. The maximum absolute atomic E-state index is 13.2. The molecule has 0 bridgehead atoms. The van der Waals surface area contributed by atoms with Crippen molar-refractivity contribution in [2.75, 3.05) is 6.61 Å². The molecule has 0 aliphatic carbocycles. The van der Waals surface area contributed by atoms with Crippen LogP contribution in [0.15, 0.2) is 59.0 Å². The Morgan fingerprint density at radius 3 is 2.79 bits per heavy atom. The number of carbonyl (C=O) groups excluding carboxylic acids is 1. The van der Waals surface area contributed by atoms with Gasteiger partial charge in [-0.05, 0) is 35.7 Å². The van der Waals surface area contributed by atoms with Gasteiger partial charge in [-0.15, -0.1) is 11.3 Å². The van der Waals surface area contributed by atoms with Crippen LogP contribution in [0.4, 0.5) is 0 Å². The molecule has 148 valence electrons. The molecule has 4 rings (SSSR count). The lowest BCUT2D eigenvalue weighted by Crippen LogP contribution is -2.29. The van der Waals surface area contributed by atoms with Crippen LogP contribution in [-0.4, -0.2) is 22.1 Å². The Bertz CT molecular complexity index is 1240. The van der Waals surface area contributed by atoms with E-state index < -0.39 is 12.0 Å². The number of carbonyl (C=O) groups is 1. The standard InChI is InChI=1S/C23H22N2O3S/c1-3-4-11-28-23(27)15(2)25-14-24-21-20(22(25)26)19(13-29-21)18-10-9-16-7-5-6-8-17(16)12-18/h5-10,12-15H,3-4,11H2,1-2H3. The van der Waals surface area contributed by atoms with E-state index in [1.165, 1.54) is 22.2 Å². The predicted molar refractivity (Wildman–Crippen MR) is 117 cm³/mol. The molecule has 0 spiro atoms. The minimum Gasteiger partial charge on any atom is -0.464 e. The van der Waals surface area contributed by atoms with Gasteiger partial charge in [0.2, 0.25) is 0 Å². The zero-order chi connectivity index (χ0) is 20.4. The average Bonchev–Trinajstić information content (AvgIpc) is 3.18. The van der Waals surface area contributed by atoms with E-state index in [-0.39, 0.29) is 5.56 Å². The molecule has 1 unspecified atom stereocenters. The zero-order valence-corrected chi connectivity index (χ0v) is 17.2. The van der Waals surface area contributed by atoms with Gasteiger partial charge in [-0.3, -0.25) is 9.36 Å². The Balaban J connectivity index is 1.76. The van der Waals surface area contributed by atoms with Crippen LogP contribution >= 0.6 is 11.3 Å². The highest BCUT2D eigenvalue weighted by atomic mass is 32.1. The van der Waals surface area contributed by atoms with Crippen molar-refractivity contribution in [3.8, 4) is 11.1 Å². The van der Waals surface area contributed by atoms with Crippen LogP contribution in [-0.2, 0) is 9.53 Å². The maximum atomic E-state index is 13.2. The normalized spacial score (nSPS) is 12.3. The summed E-state index contributed by atoms with van der Waals surface area (Å²) < 4.78 is 6.66. The van der Waals surface area contributed by atoms with Crippen molar-refractivity contribution >= 4 is 38.3 Å². The van der Waals surface area contributed by atoms with E-state index in [0.29, 0.717) is 16.8 Å². The van der Waals surface area contributed by atoms with E-state index in [9.17, 15) is 9.59 Å². The molecule has 1 atom stereocenters. The fourth-order valence-corrected chi connectivity index (χ4v) is 4.25. The average molecular weight is 407 g/mol. The number of thiophene rings is 1. The van der Waals surface area contributed by atoms with Gasteiger partial charge in [0.15, 0.2) is 0 Å². The number of hydrogen-bond donors (Lipinski definition) is 0. The zero-order valence-electron chi connectivity index (χ0n) is 16.4. The molecule has 0 fully saturated rings. The van der Waals surface area contributed by atoms with Crippen molar-refractivity contribution < 1.29 is 9.53 Å². The maximum Gasteiger partial charge on any atom is 0.328 e. The summed E-state index contributed by atoms with van der Waals surface area (Å²) in [6.07, 6.45) is 3.19. The van der Waals surface area contributed by atoms with Crippen molar-refractivity contribution in [1.29, 1.82) is 0 Å². The molecule has 0 saturated carbocycles. The molecule has 2 aromatic carbocycles. The first-order valence-corrected chi connectivity index (χ1v) is 10.6. The van der Waals surface area contributed by atoms with Gasteiger partial charge in [0.1, 0.15) is 10.9 Å². The number of ether oxygens (including phenoxy) is 1. The fourth-order valence-electron chi connectivity index (χ4n) is 3.34. The molecule has 4 aromatic rings. The molecule has 0 saturated heterocycles. The second-order valence-electron chi connectivity index (χ2n) is 7.05. The minimum absolute atomic E-state index is 0.223. The molecule has 2 heterocycles. The lowest BCUT2D eigenvalue weighted by molar-refractivity contribution is -0.147. The molecular formula is C23H22N2O3S. The molecule has 0 aliphatic heterocycles. The Labute approximate surface area is 172 Å². The van der Waals surface area contributed by atoms with E-state index >= 15 is 0 Å². The lowest BCUT2D eigenvalue weighted by Gasteiger charge is -2.14. The molecule has 0 amide bonds. The monoisotopic (exact) mass is 406 g/mol. The number of fused-ring (bicyclic) bond motifs is 2. The number of benzene rings is 2. The van der Waals surface area contributed by atoms with Gasteiger partial charge in [-0.25, -0.2) is 9.78 Å². The van der Waals surface area contributed by atoms with Gasteiger partial charge >= 0.3 is 5.97 Å². The van der Waals surface area contributed by atoms with Crippen LogP contribution in [0.1, 0.15) is 32.7 Å². The van der Waals surface area contributed by atoms with E-state index in [1.54, 1.807) is 6.92 Å². The van der Waals surface area contributed by atoms with Gasteiger partial charge in [0.05, 0.1) is 18.3 Å². The molecule has 6 heteroatoms. The van der Waals surface area contributed by atoms with Crippen molar-refractivity contribution in [2.45, 2.75) is 32.7 Å². The quantitative estimate of drug-likeness (QED) is 0.327. The summed E-state index contributed by atoms with van der Waals surface area (Å²) in [5, 5.41) is 4.76. The second-order valence-corrected chi connectivity index (χ2v) is 7.90. The van der Waals surface area contributed by atoms with Gasteiger partial charge in [-0.1, -0.05) is 49.7 Å². The van der Waals surface area contributed by atoms with Crippen LogP contribution in [0.2, 0.25) is 0 Å². The predicted octanol–water partition coefficient (Wildman–Crippen LogP) is 5.18. The first-order valence-electron chi connectivity index (χ1n) is 9.74. The van der Waals surface area contributed by atoms with Crippen molar-refractivity contribution in [1.82, 2.24) is 9.55 Å². The summed E-state index contributed by atoms with van der Waals surface area (Å²) in [6.45, 7) is 4.07. The molecule has 29 heavy (non-hydrogen) atoms. The summed E-state index contributed by atoms with van der Waals surface area (Å²) in [7, 11) is 0. The highest BCUT2D eigenvalue weighted by Gasteiger charge is 2.21. The van der Waals surface area contributed by atoms with Crippen LogP contribution in [0.5, 0.6) is 0 Å². The number of aromatic nitrogens is 2. The third-order valence-electron chi connectivity index (χ3n) is 5.08. The highest BCUT2D eigenvalue weighted by Crippen LogP contribution is 2.32. The molecule has 5 nitrogen and oxygen atoms in total. The number of rotatable bonds is 6. The number of esters is 1. The summed E-state index contributed by atoms with van der Waals surface area (Å²) in [4.78, 5) is 30.7. The number of nitrogens with zero attached hydrogens (tertiary/aromatic N) is 2. The molecular weight excluding hydrogens is 384 g/mol. The Kier molecular flexibility index (Phi) is 5.45. The first-order chi connectivity index (χ1) is 14.1. The SMILES string of the molecule is CCCCOC(=O)C(C)n1cnc2scc(-c3ccc4ccccc4c3)c2c1=O. The van der Waals surface area contributed by atoms with Gasteiger partial charge in [0.25, 0.3) is 5.56 Å². The third kappa shape index (κ3) is 3.68. The molecule has 2 aromatic heterocycles. The van der Waals surface area contributed by atoms with Gasteiger partial charge in [0, 0.05) is 10.9 Å². The van der Waals surface area contributed by atoms with Crippen molar-refractivity contribution in [3.05, 3.63) is 64.5 Å². The molecule has 0 radical (unpaired) electrons. The second kappa shape index (κ2) is 8.17. The molecule has 0 aliphatic rings. The van der Waals surface area contributed by atoms with E-state index in [2.05, 4.69) is 29.2 Å². The van der Waals surface area contributed by atoms with Crippen molar-refractivity contribution in [3.63, 3.8) is 0 Å². The summed E-state index contributed by atoms with van der Waals surface area (Å²) in [5.41, 5.74) is 1.58. The summed E-state index contributed by atoms with van der Waals surface area (Å²) in [6, 6.07) is 13.5. The first kappa shape index (κ1) is 19.3. The van der Waals surface area contributed by atoms with Crippen LogP contribution in [0.3, 0.4) is 0 Å². The molecule has 0 N–H and O–H groups in total. The largest absolute Gasteiger partial charge is 0.464 e. The third-order valence-corrected chi connectivity index (χ3v) is 5.97. The highest BCUT2D eigenvalue weighted by molar-refractivity contribution is 7.17. The summed E-state index contributed by atoms with van der Waals surface area (Å²) >= 11 is 1.43. The van der Waals surface area contributed by atoms with E-state index in [1.807, 2.05) is 30.5 Å².